The number of Topliss-reactive ketones (excluding diaryl/α,β-unsaturated/α-hetero) is 1. The Morgan fingerprint density at radius 1 is 0.597 bits per heavy atom. The van der Waals surface area contributed by atoms with Gasteiger partial charge < -0.3 is 20.0 Å². The molecule has 0 spiro atoms. The first-order valence-electron chi connectivity index (χ1n) is 28.4. The summed E-state index contributed by atoms with van der Waals surface area (Å²) in [4.78, 5) is 42.5. The molecule has 0 bridgehead atoms. The van der Waals surface area contributed by atoms with Gasteiger partial charge in [-0.25, -0.2) is 0 Å². The number of nitrogens with one attached hydrogen (secondary N) is 1. The van der Waals surface area contributed by atoms with Crippen molar-refractivity contribution in [1.29, 1.82) is 0 Å². The molecule has 2 amide bonds. The molecule has 8 heteroatoms. The van der Waals surface area contributed by atoms with Gasteiger partial charge in [0.2, 0.25) is 11.8 Å². The lowest BCUT2D eigenvalue weighted by Gasteiger charge is -2.38. The van der Waals surface area contributed by atoms with E-state index in [0.717, 1.165) is 63.0 Å². The molecule has 2 heterocycles. The van der Waals surface area contributed by atoms with Gasteiger partial charge in [0.25, 0.3) is 0 Å². The van der Waals surface area contributed by atoms with Crippen molar-refractivity contribution in [2.45, 2.75) is 242 Å². The number of amides is 2. The van der Waals surface area contributed by atoms with Gasteiger partial charge in [0.05, 0.1) is 0 Å². The highest BCUT2D eigenvalue weighted by Gasteiger charge is 2.30. The van der Waals surface area contributed by atoms with Crippen molar-refractivity contribution in [2.75, 3.05) is 64.3 Å². The Bertz CT molecular complexity index is 1620. The minimum Gasteiger partial charge on any atom is -0.368 e. The number of anilines is 1. The van der Waals surface area contributed by atoms with E-state index in [1.807, 2.05) is 60.3 Å². The van der Waals surface area contributed by atoms with Crippen LogP contribution in [-0.2, 0) is 32.6 Å². The number of benzene rings is 2. The highest BCUT2D eigenvalue weighted by atomic mass is 16.2. The molecule has 72 heavy (non-hydrogen) atoms. The first-order valence-corrected chi connectivity index (χ1v) is 28.4. The summed E-state index contributed by atoms with van der Waals surface area (Å²) in [7, 11) is 2.21. The van der Waals surface area contributed by atoms with Crippen LogP contribution in [0.25, 0.3) is 0 Å². The predicted molar refractivity (Wildman–Crippen MR) is 322 cm³/mol. The molecular formula is C64H123N5O3. The summed E-state index contributed by atoms with van der Waals surface area (Å²) in [5.41, 5.74) is 6.58. The first-order chi connectivity index (χ1) is 33.0. The zero-order valence-corrected chi connectivity index (χ0v) is 51.7. The van der Waals surface area contributed by atoms with Crippen LogP contribution in [0.3, 0.4) is 0 Å². The molecule has 2 aromatic rings. The molecule has 2 aromatic carbocycles. The van der Waals surface area contributed by atoms with Crippen molar-refractivity contribution in [3.8, 4) is 0 Å². The van der Waals surface area contributed by atoms with E-state index >= 15 is 0 Å². The Morgan fingerprint density at radius 2 is 1.04 bits per heavy atom. The minimum absolute atomic E-state index is 0. The SMILES string of the molecule is C.CC.CC.CC.CC.CC(=O)Cc1ccc(CCC(C)(C)C)cc1.CC(=O)N1CCN(c2ccc(C(C)(C)C)cc2)CC1.CC(=O)NC1CCC(C(C)(C)C)CC1.C[C@@H](CC(C)(C)C)N1CCN(C)CC1. The van der Waals surface area contributed by atoms with Gasteiger partial charge in [-0.2, -0.15) is 0 Å². The van der Waals surface area contributed by atoms with Crippen LogP contribution < -0.4 is 10.2 Å². The Hall–Kier alpha value is -3.23. The Kier molecular flexibility index (Phi) is 41.0. The molecule has 1 N–H and O–H groups in total. The number of hydrogen-bond donors (Lipinski definition) is 1. The monoisotopic (exact) mass is 1010 g/mol. The maximum atomic E-state index is 11.3. The van der Waals surface area contributed by atoms with Crippen LogP contribution in [0.1, 0.15) is 229 Å². The fourth-order valence-electron chi connectivity index (χ4n) is 8.75. The lowest BCUT2D eigenvalue weighted by Crippen LogP contribution is -2.48. The second-order valence-corrected chi connectivity index (χ2v) is 23.6. The van der Waals surface area contributed by atoms with Crippen molar-refractivity contribution in [2.24, 2.45) is 22.2 Å². The number of carbonyl (C=O) groups excluding carboxylic acids is 3. The Balaban J connectivity index is -0.000000409. The molecule has 8 nitrogen and oxygen atoms in total. The molecule has 5 rings (SSSR count). The maximum absolute atomic E-state index is 11.3. The molecule has 2 aliphatic heterocycles. The molecule has 3 aliphatic rings. The molecule has 0 radical (unpaired) electrons. The van der Waals surface area contributed by atoms with Gasteiger partial charge >= 0.3 is 0 Å². The van der Waals surface area contributed by atoms with Crippen LogP contribution in [0.15, 0.2) is 48.5 Å². The van der Waals surface area contributed by atoms with E-state index in [2.05, 4.69) is 166 Å². The summed E-state index contributed by atoms with van der Waals surface area (Å²) < 4.78 is 0. The quantitative estimate of drug-likeness (QED) is 0.284. The molecule has 2 saturated heterocycles. The summed E-state index contributed by atoms with van der Waals surface area (Å²) in [5, 5.41) is 3.01. The molecule has 0 aromatic heterocycles. The lowest BCUT2D eigenvalue weighted by molar-refractivity contribution is -0.129. The van der Waals surface area contributed by atoms with Crippen LogP contribution in [0.4, 0.5) is 5.69 Å². The molecule has 0 unspecified atom stereocenters. The lowest BCUT2D eigenvalue weighted by atomic mass is 9.71. The number of rotatable bonds is 8. The first kappa shape index (κ1) is 75.3. The summed E-state index contributed by atoms with van der Waals surface area (Å²) >= 11 is 0. The number of likely N-dealkylation sites (N-methyl/N-ethyl adjacent to an activating group) is 1. The fourth-order valence-corrected chi connectivity index (χ4v) is 8.75. The number of carbonyl (C=O) groups is 3. The average molecular weight is 1010 g/mol. The molecule has 1 atom stereocenters. The summed E-state index contributed by atoms with van der Waals surface area (Å²) in [6.45, 7) is 59.1. The molecular weight excluding hydrogens is 887 g/mol. The Labute approximate surface area is 450 Å². The zero-order chi connectivity index (χ0) is 55.8. The van der Waals surface area contributed by atoms with Crippen LogP contribution in [0.5, 0.6) is 0 Å². The van der Waals surface area contributed by atoms with Gasteiger partial charge in [-0.1, -0.05) is 182 Å². The van der Waals surface area contributed by atoms with Crippen molar-refractivity contribution in [1.82, 2.24) is 20.0 Å². The number of aryl methyl sites for hydroxylation is 1. The smallest absolute Gasteiger partial charge is 0.219 e. The van der Waals surface area contributed by atoms with E-state index in [9.17, 15) is 14.4 Å². The van der Waals surface area contributed by atoms with Crippen molar-refractivity contribution < 1.29 is 14.4 Å². The summed E-state index contributed by atoms with van der Waals surface area (Å²) in [6.07, 6.45) is 8.99. The van der Waals surface area contributed by atoms with E-state index in [1.54, 1.807) is 20.8 Å². The standard InChI is InChI=1S/C16H24N2O.C15H22O.C12H26N2.C12H23NO.4C2H6.CH4/c1-13(19)17-9-11-18(12-10-17)15-7-5-14(6-8-15)16(2,3)4;1-12(16)11-14-7-5-13(6-8-14)9-10-15(2,3)4;1-11(10-12(2,3)4)14-8-6-13(5)7-9-14;1-9(14)13-11-7-5-10(6-8-11)12(2,3)4;4*1-2;/h5-8H,9-12H2,1-4H3;5-8H,9-11H2,1-4H3;11H,6-10H2,1-5H3;10-11H,5-8H2,1-4H3,(H,13,14);4*1-2H3;1H4/t;;11-;;;;;;/m..0....../s1. The minimum atomic E-state index is 0. The highest BCUT2D eigenvalue weighted by Crippen LogP contribution is 2.37. The van der Waals surface area contributed by atoms with Crippen LogP contribution in [-0.4, -0.2) is 104 Å². The van der Waals surface area contributed by atoms with Gasteiger partial charge in [-0.15, -0.1) is 0 Å². The summed E-state index contributed by atoms with van der Waals surface area (Å²) in [5.74, 6) is 1.35. The van der Waals surface area contributed by atoms with E-state index in [1.165, 1.54) is 68.7 Å². The van der Waals surface area contributed by atoms with Gasteiger partial charge in [-0.3, -0.25) is 19.3 Å². The van der Waals surface area contributed by atoms with Crippen LogP contribution >= 0.6 is 0 Å². The van der Waals surface area contributed by atoms with E-state index in [4.69, 9.17) is 0 Å². The third-order valence-corrected chi connectivity index (χ3v) is 12.9. The molecule has 1 aliphatic carbocycles. The van der Waals surface area contributed by atoms with Gasteiger partial charge in [-0.05, 0) is 122 Å². The topological polar surface area (TPSA) is 76.2 Å². The second kappa shape index (κ2) is 39.2. The highest BCUT2D eigenvalue weighted by molar-refractivity contribution is 5.78. The largest absolute Gasteiger partial charge is 0.368 e. The third-order valence-electron chi connectivity index (χ3n) is 12.9. The molecule has 1 saturated carbocycles. The normalized spacial score (nSPS) is 17.5. The number of hydrogen-bond acceptors (Lipinski definition) is 6. The van der Waals surface area contributed by atoms with Crippen molar-refractivity contribution >= 4 is 23.3 Å². The predicted octanol–water partition coefficient (Wildman–Crippen LogP) is 16.0. The van der Waals surface area contributed by atoms with E-state index in [-0.39, 0.29) is 30.4 Å². The van der Waals surface area contributed by atoms with Gasteiger partial charge in [0.1, 0.15) is 5.78 Å². The van der Waals surface area contributed by atoms with E-state index < -0.39 is 0 Å². The maximum Gasteiger partial charge on any atom is 0.219 e. The van der Waals surface area contributed by atoms with Gasteiger partial charge in [0.15, 0.2) is 0 Å². The van der Waals surface area contributed by atoms with Crippen LogP contribution in [0, 0.1) is 22.2 Å². The van der Waals surface area contributed by atoms with Crippen molar-refractivity contribution in [3.63, 3.8) is 0 Å². The fraction of sp³-hybridized carbons (Fsp3) is 0.766. The number of piperazine rings is 2. The average Bonchev–Trinajstić information content (AvgIpc) is 3.31. The molecule has 422 valence electrons. The zero-order valence-electron chi connectivity index (χ0n) is 51.7. The second-order valence-electron chi connectivity index (χ2n) is 23.6. The Morgan fingerprint density at radius 3 is 1.40 bits per heavy atom. The van der Waals surface area contributed by atoms with E-state index in [0.29, 0.717) is 28.7 Å². The van der Waals surface area contributed by atoms with Crippen LogP contribution in [0.2, 0.25) is 0 Å². The third kappa shape index (κ3) is 35.8. The van der Waals surface area contributed by atoms with Gasteiger partial charge in [0, 0.05) is 90.4 Å². The molecule has 3 fully saturated rings. The number of nitrogens with zero attached hydrogens (tertiary/aromatic N) is 4. The number of ketones is 1. The summed E-state index contributed by atoms with van der Waals surface area (Å²) in [6, 6.07) is 18.4. The van der Waals surface area contributed by atoms with Crippen molar-refractivity contribution in [3.05, 3.63) is 65.2 Å².